The molecule has 70 valence electrons. The van der Waals surface area contributed by atoms with Crippen LogP contribution in [0.2, 0.25) is 0 Å². The fourth-order valence-electron chi connectivity index (χ4n) is 1.85. The second-order valence-electron chi connectivity index (χ2n) is 3.23. The lowest BCUT2D eigenvalue weighted by Crippen LogP contribution is -2.39. The summed E-state index contributed by atoms with van der Waals surface area (Å²) in [6.07, 6.45) is 2.73. The third-order valence-corrected chi connectivity index (χ3v) is 2.51. The van der Waals surface area contributed by atoms with Crippen molar-refractivity contribution in [3.63, 3.8) is 0 Å². The van der Waals surface area contributed by atoms with Crippen molar-refractivity contribution in [3.8, 4) is 0 Å². The van der Waals surface area contributed by atoms with Gasteiger partial charge in [0.25, 0.3) is 0 Å². The lowest BCUT2D eigenvalue weighted by atomic mass is 10.2. The fourth-order valence-corrected chi connectivity index (χ4v) is 1.85. The maximum absolute atomic E-state index is 11.3. The van der Waals surface area contributed by atoms with Gasteiger partial charge in [-0.2, -0.15) is 0 Å². The molecule has 1 aliphatic rings. The minimum Gasteiger partial charge on any atom is -0.395 e. The summed E-state index contributed by atoms with van der Waals surface area (Å²) in [5, 5.41) is 8.76. The highest BCUT2D eigenvalue weighted by Crippen LogP contribution is 2.19. The van der Waals surface area contributed by atoms with Crippen LogP contribution in [0.1, 0.15) is 26.2 Å². The number of hydrogen-bond donors (Lipinski definition) is 1. The van der Waals surface area contributed by atoms with Crippen LogP contribution in [-0.4, -0.2) is 41.5 Å². The maximum atomic E-state index is 11.3. The topological polar surface area (TPSA) is 40.5 Å². The number of ketones is 1. The average molecular weight is 171 g/mol. The molecule has 1 N–H and O–H groups in total. The van der Waals surface area contributed by atoms with Crippen LogP contribution in [0.3, 0.4) is 0 Å². The fraction of sp³-hybridized carbons (Fsp3) is 0.889. The number of aliphatic hydroxyl groups excluding tert-OH is 1. The van der Waals surface area contributed by atoms with Gasteiger partial charge in [-0.15, -0.1) is 0 Å². The van der Waals surface area contributed by atoms with E-state index in [-0.39, 0.29) is 12.6 Å². The van der Waals surface area contributed by atoms with Crippen molar-refractivity contribution >= 4 is 5.78 Å². The zero-order chi connectivity index (χ0) is 8.97. The minimum atomic E-state index is 0.0992. The van der Waals surface area contributed by atoms with E-state index in [2.05, 4.69) is 4.90 Å². The standard InChI is InChI=1S/C9H17NO2/c1-2-10(6-7-11)8-4-3-5-9(8)12/h8,11H,2-7H2,1H3. The molecule has 3 heteroatoms. The smallest absolute Gasteiger partial charge is 0.149 e. The summed E-state index contributed by atoms with van der Waals surface area (Å²) >= 11 is 0. The molecule has 0 aliphatic heterocycles. The monoisotopic (exact) mass is 171 g/mol. The molecule has 0 spiro atoms. The van der Waals surface area contributed by atoms with Crippen LogP contribution in [0.15, 0.2) is 0 Å². The van der Waals surface area contributed by atoms with E-state index < -0.39 is 0 Å². The molecule has 12 heavy (non-hydrogen) atoms. The highest BCUT2D eigenvalue weighted by molar-refractivity contribution is 5.85. The zero-order valence-corrected chi connectivity index (χ0v) is 7.62. The first-order valence-corrected chi connectivity index (χ1v) is 4.67. The van der Waals surface area contributed by atoms with Crippen molar-refractivity contribution in [1.29, 1.82) is 0 Å². The summed E-state index contributed by atoms with van der Waals surface area (Å²) < 4.78 is 0. The highest BCUT2D eigenvalue weighted by Gasteiger charge is 2.28. The van der Waals surface area contributed by atoms with Crippen molar-refractivity contribution in [3.05, 3.63) is 0 Å². The molecule has 0 aromatic heterocycles. The quantitative estimate of drug-likeness (QED) is 0.666. The Hall–Kier alpha value is -0.410. The van der Waals surface area contributed by atoms with E-state index >= 15 is 0 Å². The van der Waals surface area contributed by atoms with Crippen molar-refractivity contribution in [2.45, 2.75) is 32.2 Å². The van der Waals surface area contributed by atoms with Gasteiger partial charge in [0.2, 0.25) is 0 Å². The summed E-state index contributed by atoms with van der Waals surface area (Å²) in [5.41, 5.74) is 0. The molecule has 1 unspecified atom stereocenters. The van der Waals surface area contributed by atoms with E-state index in [1.54, 1.807) is 0 Å². The number of hydrogen-bond acceptors (Lipinski definition) is 3. The normalized spacial score (nSPS) is 23.9. The number of carbonyl (C=O) groups is 1. The first kappa shape index (κ1) is 9.68. The van der Waals surface area contributed by atoms with Crippen molar-refractivity contribution in [2.75, 3.05) is 19.7 Å². The number of aliphatic hydroxyl groups is 1. The molecule has 1 rings (SSSR count). The van der Waals surface area contributed by atoms with Crippen LogP contribution in [0.4, 0.5) is 0 Å². The Morgan fingerprint density at radius 1 is 1.67 bits per heavy atom. The van der Waals surface area contributed by atoms with Crippen molar-refractivity contribution < 1.29 is 9.90 Å². The molecule has 0 radical (unpaired) electrons. The van der Waals surface area contributed by atoms with Gasteiger partial charge in [-0.25, -0.2) is 0 Å². The first-order valence-electron chi connectivity index (χ1n) is 4.67. The van der Waals surface area contributed by atoms with Crippen LogP contribution in [0.5, 0.6) is 0 Å². The van der Waals surface area contributed by atoms with Gasteiger partial charge in [-0.3, -0.25) is 9.69 Å². The van der Waals surface area contributed by atoms with Gasteiger partial charge in [-0.05, 0) is 19.4 Å². The van der Waals surface area contributed by atoms with Crippen LogP contribution < -0.4 is 0 Å². The summed E-state index contributed by atoms with van der Waals surface area (Å²) in [5.74, 6) is 0.352. The van der Waals surface area contributed by atoms with E-state index in [1.165, 1.54) is 0 Å². The Labute approximate surface area is 73.4 Å². The van der Waals surface area contributed by atoms with E-state index in [1.807, 2.05) is 6.92 Å². The van der Waals surface area contributed by atoms with Gasteiger partial charge in [-0.1, -0.05) is 6.92 Å². The lowest BCUT2D eigenvalue weighted by molar-refractivity contribution is -0.122. The Kier molecular flexibility index (Phi) is 3.69. The summed E-state index contributed by atoms with van der Waals surface area (Å²) in [4.78, 5) is 13.4. The molecular formula is C9H17NO2. The molecule has 0 bridgehead atoms. The third kappa shape index (κ3) is 2.05. The second-order valence-corrected chi connectivity index (χ2v) is 3.23. The number of rotatable bonds is 4. The largest absolute Gasteiger partial charge is 0.395 e. The Balaban J connectivity index is 2.46. The van der Waals surface area contributed by atoms with E-state index in [0.29, 0.717) is 12.3 Å². The molecular weight excluding hydrogens is 154 g/mol. The first-order chi connectivity index (χ1) is 5.79. The Morgan fingerprint density at radius 3 is 2.83 bits per heavy atom. The maximum Gasteiger partial charge on any atom is 0.149 e. The van der Waals surface area contributed by atoms with Gasteiger partial charge in [0, 0.05) is 13.0 Å². The molecule has 1 fully saturated rings. The predicted octanol–water partition coefficient (Wildman–Crippen LogP) is 0.422. The number of nitrogens with zero attached hydrogens (tertiary/aromatic N) is 1. The lowest BCUT2D eigenvalue weighted by Gasteiger charge is -2.24. The average Bonchev–Trinajstić information content (AvgIpc) is 2.47. The summed E-state index contributed by atoms with van der Waals surface area (Å²) in [6.45, 7) is 3.67. The molecule has 0 aromatic rings. The number of likely N-dealkylation sites (N-methyl/N-ethyl adjacent to an activating group) is 1. The van der Waals surface area contributed by atoms with Crippen LogP contribution in [0, 0.1) is 0 Å². The second kappa shape index (κ2) is 4.58. The zero-order valence-electron chi connectivity index (χ0n) is 7.62. The summed E-state index contributed by atoms with van der Waals surface area (Å²) in [7, 11) is 0. The molecule has 1 aliphatic carbocycles. The van der Waals surface area contributed by atoms with E-state index in [9.17, 15) is 4.79 Å². The molecule has 0 aromatic carbocycles. The van der Waals surface area contributed by atoms with Gasteiger partial charge in [0.15, 0.2) is 0 Å². The van der Waals surface area contributed by atoms with E-state index in [0.717, 1.165) is 25.8 Å². The molecule has 0 amide bonds. The van der Waals surface area contributed by atoms with Gasteiger partial charge in [0.05, 0.1) is 12.6 Å². The summed E-state index contributed by atoms with van der Waals surface area (Å²) in [6, 6.07) is 0.0992. The van der Waals surface area contributed by atoms with Crippen LogP contribution in [-0.2, 0) is 4.79 Å². The minimum absolute atomic E-state index is 0.0992. The molecule has 0 saturated heterocycles. The van der Waals surface area contributed by atoms with Crippen molar-refractivity contribution in [1.82, 2.24) is 4.90 Å². The third-order valence-electron chi connectivity index (χ3n) is 2.51. The Bertz CT molecular complexity index is 159. The predicted molar refractivity (Wildman–Crippen MR) is 47.0 cm³/mol. The molecule has 3 nitrogen and oxygen atoms in total. The molecule has 0 heterocycles. The molecule has 1 atom stereocenters. The number of carbonyl (C=O) groups excluding carboxylic acids is 1. The highest BCUT2D eigenvalue weighted by atomic mass is 16.3. The van der Waals surface area contributed by atoms with Gasteiger partial charge >= 0.3 is 0 Å². The van der Waals surface area contributed by atoms with Gasteiger partial charge < -0.3 is 5.11 Å². The van der Waals surface area contributed by atoms with Crippen LogP contribution in [0.25, 0.3) is 0 Å². The van der Waals surface area contributed by atoms with Crippen LogP contribution >= 0.6 is 0 Å². The van der Waals surface area contributed by atoms with E-state index in [4.69, 9.17) is 5.11 Å². The molecule has 1 saturated carbocycles. The van der Waals surface area contributed by atoms with Crippen molar-refractivity contribution in [2.24, 2.45) is 0 Å². The SMILES string of the molecule is CCN(CCO)C1CCCC1=O. The van der Waals surface area contributed by atoms with Gasteiger partial charge in [0.1, 0.15) is 5.78 Å². The Morgan fingerprint density at radius 2 is 2.42 bits per heavy atom. The number of Topliss-reactive ketones (excluding diaryl/α,β-unsaturated/α-hetero) is 1.